The minimum absolute atomic E-state index is 0.0182. The molecule has 2 heterocycles. The Kier molecular flexibility index (Phi) is 4.71. The maximum atomic E-state index is 13.1. The zero-order valence-corrected chi connectivity index (χ0v) is 15.6. The van der Waals surface area contributed by atoms with Gasteiger partial charge in [-0.05, 0) is 37.1 Å². The van der Waals surface area contributed by atoms with E-state index < -0.39 is 0 Å². The third-order valence-corrected chi connectivity index (χ3v) is 5.14. The summed E-state index contributed by atoms with van der Waals surface area (Å²) in [4.78, 5) is 23.1. The highest BCUT2D eigenvalue weighted by molar-refractivity contribution is 5.97. The number of nitrogens with zero attached hydrogens (tertiary/aromatic N) is 2. The van der Waals surface area contributed by atoms with Crippen molar-refractivity contribution in [3.8, 4) is 11.5 Å². The van der Waals surface area contributed by atoms with Crippen LogP contribution in [0.1, 0.15) is 34.9 Å². The highest BCUT2D eigenvalue weighted by Crippen LogP contribution is 2.30. The van der Waals surface area contributed by atoms with Crippen LogP contribution in [0.15, 0.2) is 42.5 Å². The number of benzene rings is 2. The van der Waals surface area contributed by atoms with Crippen LogP contribution in [-0.4, -0.2) is 48.1 Å². The van der Waals surface area contributed by atoms with Crippen LogP contribution in [0, 0.1) is 0 Å². The lowest BCUT2D eigenvalue weighted by Crippen LogP contribution is -2.39. The highest BCUT2D eigenvalue weighted by Gasteiger charge is 2.28. The van der Waals surface area contributed by atoms with E-state index in [1.807, 2.05) is 29.2 Å². The summed E-state index contributed by atoms with van der Waals surface area (Å²) in [6.45, 7) is 1.39. The van der Waals surface area contributed by atoms with Gasteiger partial charge in [0.1, 0.15) is 17.3 Å². The lowest BCUT2D eigenvalue weighted by atomic mass is 9.96. The average molecular weight is 365 g/mol. The average Bonchev–Trinajstić information content (AvgIpc) is 3.17. The number of H-pyrrole nitrogens is 1. The summed E-state index contributed by atoms with van der Waals surface area (Å²) in [7, 11) is 3.16. The number of para-hydroxylation sites is 2. The molecule has 6 heteroatoms. The lowest BCUT2D eigenvalue weighted by molar-refractivity contribution is 0.0701. The first kappa shape index (κ1) is 17.4. The molecule has 0 aliphatic carbocycles. The first-order valence-electron chi connectivity index (χ1n) is 9.15. The smallest absolute Gasteiger partial charge is 0.257 e. The second-order valence-corrected chi connectivity index (χ2v) is 6.80. The second-order valence-electron chi connectivity index (χ2n) is 6.80. The molecule has 140 valence electrons. The highest BCUT2D eigenvalue weighted by atomic mass is 16.5. The van der Waals surface area contributed by atoms with Crippen LogP contribution in [0.4, 0.5) is 0 Å². The molecular weight excluding hydrogens is 342 g/mol. The largest absolute Gasteiger partial charge is 0.497 e. The molecule has 1 N–H and O–H groups in total. The van der Waals surface area contributed by atoms with E-state index in [0.717, 1.165) is 36.2 Å². The van der Waals surface area contributed by atoms with Gasteiger partial charge in [0, 0.05) is 25.1 Å². The number of methoxy groups -OCH3 is 2. The summed E-state index contributed by atoms with van der Waals surface area (Å²) in [6.07, 6.45) is 1.97. The van der Waals surface area contributed by atoms with Gasteiger partial charge in [-0.25, -0.2) is 4.98 Å². The first-order valence-corrected chi connectivity index (χ1v) is 9.15. The molecule has 1 amide bonds. The van der Waals surface area contributed by atoms with Crippen LogP contribution in [0.3, 0.4) is 0 Å². The van der Waals surface area contributed by atoms with Crippen molar-refractivity contribution in [2.75, 3.05) is 27.3 Å². The molecule has 2 aromatic carbocycles. The van der Waals surface area contributed by atoms with Crippen molar-refractivity contribution >= 4 is 16.9 Å². The molecule has 1 fully saturated rings. The van der Waals surface area contributed by atoms with E-state index in [1.165, 1.54) is 0 Å². The fraction of sp³-hybridized carbons (Fsp3) is 0.333. The predicted octanol–water partition coefficient (Wildman–Crippen LogP) is 3.60. The predicted molar refractivity (Wildman–Crippen MR) is 104 cm³/mol. The van der Waals surface area contributed by atoms with Gasteiger partial charge in [-0.3, -0.25) is 4.79 Å². The van der Waals surface area contributed by atoms with Crippen molar-refractivity contribution in [2.24, 2.45) is 0 Å². The van der Waals surface area contributed by atoms with Crippen LogP contribution >= 0.6 is 0 Å². The maximum Gasteiger partial charge on any atom is 0.257 e. The third-order valence-electron chi connectivity index (χ3n) is 5.14. The Morgan fingerprint density at radius 1 is 1.19 bits per heavy atom. The van der Waals surface area contributed by atoms with E-state index in [2.05, 4.69) is 4.98 Å². The Bertz CT molecular complexity index is 933. The van der Waals surface area contributed by atoms with Crippen molar-refractivity contribution in [3.63, 3.8) is 0 Å². The van der Waals surface area contributed by atoms with Crippen molar-refractivity contribution in [3.05, 3.63) is 53.9 Å². The van der Waals surface area contributed by atoms with Crippen LogP contribution in [0.2, 0.25) is 0 Å². The van der Waals surface area contributed by atoms with Gasteiger partial charge in [0.25, 0.3) is 5.91 Å². The van der Waals surface area contributed by atoms with Gasteiger partial charge in [-0.1, -0.05) is 12.1 Å². The fourth-order valence-electron chi connectivity index (χ4n) is 3.70. The Labute approximate surface area is 158 Å². The number of hydrogen-bond donors (Lipinski definition) is 1. The Hall–Kier alpha value is -3.02. The quantitative estimate of drug-likeness (QED) is 0.767. The van der Waals surface area contributed by atoms with E-state index in [0.29, 0.717) is 23.6 Å². The monoisotopic (exact) mass is 365 g/mol. The molecule has 27 heavy (non-hydrogen) atoms. The number of aromatic nitrogens is 2. The van der Waals surface area contributed by atoms with Crippen molar-refractivity contribution in [1.29, 1.82) is 0 Å². The van der Waals surface area contributed by atoms with Gasteiger partial charge in [0.05, 0.1) is 30.8 Å². The van der Waals surface area contributed by atoms with E-state index in [4.69, 9.17) is 14.5 Å². The molecule has 4 rings (SSSR count). The summed E-state index contributed by atoms with van der Waals surface area (Å²) in [5.74, 6) is 2.34. The summed E-state index contributed by atoms with van der Waals surface area (Å²) >= 11 is 0. The number of hydrogen-bond acceptors (Lipinski definition) is 4. The van der Waals surface area contributed by atoms with E-state index in [1.54, 1.807) is 32.4 Å². The zero-order chi connectivity index (χ0) is 18.8. The Morgan fingerprint density at radius 3 is 2.81 bits per heavy atom. The van der Waals surface area contributed by atoms with Crippen LogP contribution in [-0.2, 0) is 0 Å². The number of amides is 1. The molecule has 1 aliphatic heterocycles. The number of imidazole rings is 1. The summed E-state index contributed by atoms with van der Waals surface area (Å²) < 4.78 is 10.6. The molecule has 0 radical (unpaired) electrons. The number of aromatic amines is 1. The van der Waals surface area contributed by atoms with Gasteiger partial charge < -0.3 is 19.4 Å². The molecule has 1 aromatic heterocycles. The van der Waals surface area contributed by atoms with Crippen molar-refractivity contribution in [1.82, 2.24) is 14.9 Å². The molecule has 1 aliphatic rings. The number of ether oxygens (including phenoxy) is 2. The van der Waals surface area contributed by atoms with Crippen LogP contribution < -0.4 is 9.47 Å². The van der Waals surface area contributed by atoms with E-state index in [-0.39, 0.29) is 11.8 Å². The number of nitrogens with one attached hydrogen (secondary N) is 1. The van der Waals surface area contributed by atoms with Gasteiger partial charge >= 0.3 is 0 Å². The molecule has 0 spiro atoms. The molecule has 3 aromatic rings. The number of carbonyl (C=O) groups excluding carboxylic acids is 1. The molecule has 6 nitrogen and oxygen atoms in total. The number of carbonyl (C=O) groups is 1. The van der Waals surface area contributed by atoms with Gasteiger partial charge in [0.2, 0.25) is 0 Å². The number of piperidine rings is 1. The molecule has 1 saturated heterocycles. The minimum Gasteiger partial charge on any atom is -0.497 e. The molecule has 0 bridgehead atoms. The first-order chi connectivity index (χ1) is 13.2. The summed E-state index contributed by atoms with van der Waals surface area (Å²) in [5.41, 5.74) is 2.56. The topological polar surface area (TPSA) is 67.5 Å². The normalized spacial score (nSPS) is 17.1. The van der Waals surface area contributed by atoms with Crippen molar-refractivity contribution in [2.45, 2.75) is 18.8 Å². The van der Waals surface area contributed by atoms with Crippen LogP contribution in [0.5, 0.6) is 11.5 Å². The van der Waals surface area contributed by atoms with E-state index in [9.17, 15) is 4.79 Å². The molecule has 0 unspecified atom stereocenters. The van der Waals surface area contributed by atoms with Gasteiger partial charge in [-0.15, -0.1) is 0 Å². The lowest BCUT2D eigenvalue weighted by Gasteiger charge is -2.32. The van der Waals surface area contributed by atoms with Gasteiger partial charge in [0.15, 0.2) is 0 Å². The number of rotatable bonds is 4. The Balaban J connectivity index is 1.56. The molecular formula is C21H23N3O3. The van der Waals surface area contributed by atoms with Crippen LogP contribution in [0.25, 0.3) is 11.0 Å². The van der Waals surface area contributed by atoms with Gasteiger partial charge in [-0.2, -0.15) is 0 Å². The maximum absolute atomic E-state index is 13.1. The minimum atomic E-state index is -0.0182. The second kappa shape index (κ2) is 7.31. The summed E-state index contributed by atoms with van der Waals surface area (Å²) in [6, 6.07) is 13.3. The van der Waals surface area contributed by atoms with Crippen molar-refractivity contribution < 1.29 is 14.3 Å². The fourth-order valence-corrected chi connectivity index (χ4v) is 3.70. The third kappa shape index (κ3) is 3.35. The van der Waals surface area contributed by atoms with E-state index >= 15 is 0 Å². The molecule has 1 atom stereocenters. The summed E-state index contributed by atoms with van der Waals surface area (Å²) in [5, 5.41) is 0. The number of likely N-dealkylation sites (tertiary alicyclic amines) is 1. The zero-order valence-electron chi connectivity index (χ0n) is 15.6. The molecule has 0 saturated carbocycles. The number of fused-ring (bicyclic) bond motifs is 1. The Morgan fingerprint density at radius 2 is 2.04 bits per heavy atom. The standard InChI is InChI=1S/C21H23N3O3/c1-26-15-9-10-16(19(12-15)27-2)21(25)24-11-5-6-14(13-24)20-22-17-7-3-4-8-18(17)23-20/h3-4,7-10,12,14H,5-6,11,13H2,1-2H3,(H,22,23)/t14-/m0/s1. The SMILES string of the molecule is COc1ccc(C(=O)N2CCC[C@H](c3nc4ccccc4[nH]3)C2)c(OC)c1.